The molecule has 0 radical (unpaired) electrons. The smallest absolute Gasteiger partial charge is 0.241 e. The van der Waals surface area contributed by atoms with Crippen LogP contribution >= 0.6 is 11.3 Å². The highest BCUT2D eigenvalue weighted by atomic mass is 32.1. The number of nitrogens with one attached hydrogen (secondary N) is 1. The lowest BCUT2D eigenvalue weighted by Crippen LogP contribution is -2.35. The summed E-state index contributed by atoms with van der Waals surface area (Å²) >= 11 is 1.73. The molecule has 1 aliphatic rings. The SMILES string of the molecule is CCCCC(CC)CN1C(=O)C(CC)NC1c1cccs1. The summed E-state index contributed by atoms with van der Waals surface area (Å²) in [5.74, 6) is 0.902. The molecule has 2 heterocycles. The third kappa shape index (κ3) is 3.86. The number of rotatable bonds is 8. The summed E-state index contributed by atoms with van der Waals surface area (Å²) < 4.78 is 0. The first-order valence-corrected chi connectivity index (χ1v) is 9.19. The molecule has 3 unspecified atom stereocenters. The van der Waals surface area contributed by atoms with Gasteiger partial charge in [0.25, 0.3) is 0 Å². The second-order valence-corrected chi connectivity index (χ2v) is 6.93. The van der Waals surface area contributed by atoms with Crippen molar-refractivity contribution in [2.75, 3.05) is 6.54 Å². The molecular formula is C17H28N2OS. The summed E-state index contributed by atoms with van der Waals surface area (Å²) in [6, 6.07) is 4.19. The van der Waals surface area contributed by atoms with Gasteiger partial charge in [-0.3, -0.25) is 10.1 Å². The van der Waals surface area contributed by atoms with Crippen molar-refractivity contribution in [3.8, 4) is 0 Å². The molecule has 21 heavy (non-hydrogen) atoms. The highest BCUT2D eigenvalue weighted by Gasteiger charge is 2.39. The van der Waals surface area contributed by atoms with Gasteiger partial charge < -0.3 is 4.90 Å². The zero-order valence-corrected chi connectivity index (χ0v) is 14.3. The molecule has 4 heteroatoms. The molecule has 1 saturated heterocycles. The number of unbranched alkanes of at least 4 members (excludes halogenated alkanes) is 1. The van der Waals surface area contributed by atoms with E-state index >= 15 is 0 Å². The van der Waals surface area contributed by atoms with E-state index in [0.29, 0.717) is 5.92 Å². The average molecular weight is 308 g/mol. The van der Waals surface area contributed by atoms with Crippen LogP contribution in [0.3, 0.4) is 0 Å². The van der Waals surface area contributed by atoms with Gasteiger partial charge in [-0.05, 0) is 30.2 Å². The number of thiophene rings is 1. The fourth-order valence-electron chi connectivity index (χ4n) is 3.05. The maximum Gasteiger partial charge on any atom is 0.241 e. The monoisotopic (exact) mass is 308 g/mol. The van der Waals surface area contributed by atoms with Crippen molar-refractivity contribution in [2.24, 2.45) is 5.92 Å². The van der Waals surface area contributed by atoms with Crippen molar-refractivity contribution >= 4 is 17.2 Å². The minimum atomic E-state index is -0.0132. The molecule has 0 saturated carbocycles. The third-order valence-corrected chi connectivity index (χ3v) is 5.40. The summed E-state index contributed by atoms with van der Waals surface area (Å²) in [6.07, 6.45) is 5.81. The van der Waals surface area contributed by atoms with Gasteiger partial charge in [-0.1, -0.05) is 46.1 Å². The number of carbonyl (C=O) groups excluding carboxylic acids is 1. The molecule has 1 aliphatic heterocycles. The van der Waals surface area contributed by atoms with E-state index < -0.39 is 0 Å². The molecule has 1 amide bonds. The van der Waals surface area contributed by atoms with Gasteiger partial charge >= 0.3 is 0 Å². The van der Waals surface area contributed by atoms with Crippen molar-refractivity contribution in [1.29, 1.82) is 0 Å². The second-order valence-electron chi connectivity index (χ2n) is 5.95. The van der Waals surface area contributed by atoms with Gasteiger partial charge in [0.15, 0.2) is 0 Å². The van der Waals surface area contributed by atoms with Gasteiger partial charge in [0.05, 0.1) is 6.04 Å². The van der Waals surface area contributed by atoms with E-state index in [-0.39, 0.29) is 18.1 Å². The minimum Gasteiger partial charge on any atom is -0.320 e. The Hall–Kier alpha value is -0.870. The molecule has 3 atom stereocenters. The number of hydrogen-bond donors (Lipinski definition) is 1. The zero-order chi connectivity index (χ0) is 15.2. The van der Waals surface area contributed by atoms with Gasteiger partial charge in [0.2, 0.25) is 5.91 Å². The zero-order valence-electron chi connectivity index (χ0n) is 13.5. The number of amides is 1. The van der Waals surface area contributed by atoms with E-state index in [1.54, 1.807) is 11.3 Å². The van der Waals surface area contributed by atoms with Crippen LogP contribution in [0.15, 0.2) is 17.5 Å². The Morgan fingerprint density at radius 3 is 2.76 bits per heavy atom. The van der Waals surface area contributed by atoms with Gasteiger partial charge in [0.1, 0.15) is 6.17 Å². The first-order valence-electron chi connectivity index (χ1n) is 8.31. The molecule has 118 valence electrons. The predicted octanol–water partition coefficient (Wildman–Crippen LogP) is 4.17. The first-order chi connectivity index (χ1) is 10.2. The Kier molecular flexibility index (Phi) is 6.24. The maximum atomic E-state index is 12.6. The van der Waals surface area contributed by atoms with Crippen molar-refractivity contribution in [1.82, 2.24) is 10.2 Å². The van der Waals surface area contributed by atoms with Crippen LogP contribution in [0.5, 0.6) is 0 Å². The van der Waals surface area contributed by atoms with Gasteiger partial charge in [0, 0.05) is 11.4 Å². The van der Waals surface area contributed by atoms with E-state index in [1.165, 1.54) is 24.1 Å². The van der Waals surface area contributed by atoms with E-state index in [9.17, 15) is 4.79 Å². The van der Waals surface area contributed by atoms with Crippen LogP contribution in [0.2, 0.25) is 0 Å². The Morgan fingerprint density at radius 1 is 1.38 bits per heavy atom. The van der Waals surface area contributed by atoms with E-state index in [2.05, 4.69) is 48.5 Å². The molecule has 1 fully saturated rings. The van der Waals surface area contributed by atoms with E-state index in [1.807, 2.05) is 0 Å². The largest absolute Gasteiger partial charge is 0.320 e. The Balaban J connectivity index is 2.10. The summed E-state index contributed by atoms with van der Waals surface area (Å²) in [6.45, 7) is 7.45. The lowest BCUT2D eigenvalue weighted by Gasteiger charge is -2.27. The van der Waals surface area contributed by atoms with Gasteiger partial charge in [-0.2, -0.15) is 0 Å². The van der Waals surface area contributed by atoms with Crippen LogP contribution in [0.25, 0.3) is 0 Å². The first kappa shape index (κ1) is 16.5. The van der Waals surface area contributed by atoms with Crippen LogP contribution in [-0.4, -0.2) is 23.4 Å². The van der Waals surface area contributed by atoms with Crippen molar-refractivity contribution < 1.29 is 4.79 Å². The molecule has 0 bridgehead atoms. The molecule has 2 rings (SSSR count). The van der Waals surface area contributed by atoms with Crippen LogP contribution in [0.4, 0.5) is 0 Å². The Bertz CT molecular complexity index is 432. The fraction of sp³-hybridized carbons (Fsp3) is 0.706. The quantitative estimate of drug-likeness (QED) is 0.781. The normalized spacial score (nSPS) is 23.8. The fourth-order valence-corrected chi connectivity index (χ4v) is 3.84. The van der Waals surface area contributed by atoms with Crippen molar-refractivity contribution in [3.63, 3.8) is 0 Å². The molecular weight excluding hydrogens is 280 g/mol. The van der Waals surface area contributed by atoms with Crippen LogP contribution < -0.4 is 5.32 Å². The van der Waals surface area contributed by atoms with Gasteiger partial charge in [-0.15, -0.1) is 11.3 Å². The second kappa shape index (κ2) is 7.95. The molecule has 0 aromatic carbocycles. The van der Waals surface area contributed by atoms with Crippen LogP contribution in [0.1, 0.15) is 63.9 Å². The molecule has 0 aliphatic carbocycles. The highest BCUT2D eigenvalue weighted by Crippen LogP contribution is 2.31. The summed E-state index contributed by atoms with van der Waals surface area (Å²) in [7, 11) is 0. The number of hydrogen-bond acceptors (Lipinski definition) is 3. The highest BCUT2D eigenvalue weighted by molar-refractivity contribution is 7.10. The average Bonchev–Trinajstić information content (AvgIpc) is 3.12. The number of nitrogens with zero attached hydrogens (tertiary/aromatic N) is 1. The van der Waals surface area contributed by atoms with Crippen molar-refractivity contribution in [3.05, 3.63) is 22.4 Å². The Labute approximate surface area is 132 Å². The van der Waals surface area contributed by atoms with Crippen LogP contribution in [-0.2, 0) is 4.79 Å². The Morgan fingerprint density at radius 2 is 2.19 bits per heavy atom. The van der Waals surface area contributed by atoms with Crippen LogP contribution in [0, 0.1) is 5.92 Å². The molecule has 1 aromatic heterocycles. The summed E-state index contributed by atoms with van der Waals surface area (Å²) in [5, 5.41) is 5.61. The molecule has 0 spiro atoms. The molecule has 1 aromatic rings. The topological polar surface area (TPSA) is 32.3 Å². The predicted molar refractivity (Wildman–Crippen MR) is 89.3 cm³/mol. The summed E-state index contributed by atoms with van der Waals surface area (Å²) in [5.41, 5.74) is 0. The summed E-state index contributed by atoms with van der Waals surface area (Å²) in [4.78, 5) is 16.0. The van der Waals surface area contributed by atoms with Crippen molar-refractivity contribution in [2.45, 2.75) is 65.1 Å². The molecule has 1 N–H and O–H groups in total. The minimum absolute atomic E-state index is 0.0132. The molecule has 3 nitrogen and oxygen atoms in total. The van der Waals surface area contributed by atoms with E-state index in [4.69, 9.17) is 0 Å². The van der Waals surface area contributed by atoms with Gasteiger partial charge in [-0.25, -0.2) is 0 Å². The standard InChI is InChI=1S/C17H28N2OS/c1-4-7-9-13(5-2)12-19-16(15-10-8-11-21-15)18-14(6-3)17(19)20/h8,10-11,13-14,16,18H,4-7,9,12H2,1-3H3. The van der Waals surface area contributed by atoms with E-state index in [0.717, 1.165) is 19.4 Å². The maximum absolute atomic E-state index is 12.6. The lowest BCUT2D eigenvalue weighted by molar-refractivity contribution is -0.130. The third-order valence-electron chi connectivity index (χ3n) is 4.47. The number of carbonyl (C=O) groups is 1. The lowest BCUT2D eigenvalue weighted by atomic mass is 9.98.